The van der Waals surface area contributed by atoms with E-state index >= 15 is 0 Å². The molecule has 2 rings (SSSR count). The van der Waals surface area contributed by atoms with Gasteiger partial charge in [0.15, 0.2) is 0 Å². The van der Waals surface area contributed by atoms with Gasteiger partial charge in [-0.25, -0.2) is 22.0 Å². The number of anilines is 1. The van der Waals surface area contributed by atoms with Gasteiger partial charge in [-0.3, -0.25) is 4.72 Å². The van der Waals surface area contributed by atoms with Gasteiger partial charge >= 0.3 is 0 Å². The Labute approximate surface area is 111 Å². The van der Waals surface area contributed by atoms with Gasteiger partial charge in [0.05, 0.1) is 22.9 Å². The molecular formula is C10H14N2O5S2. The largest absolute Gasteiger partial charge is 0.490 e. The molecule has 106 valence electrons. The predicted molar refractivity (Wildman–Crippen MR) is 69.9 cm³/mol. The van der Waals surface area contributed by atoms with Gasteiger partial charge in [-0.15, -0.1) is 0 Å². The molecule has 0 heterocycles. The minimum absolute atomic E-state index is 0.0572. The van der Waals surface area contributed by atoms with Crippen LogP contribution in [0.1, 0.15) is 12.8 Å². The fraction of sp³-hybridized carbons (Fsp3) is 0.400. The Balaban J connectivity index is 2.41. The first-order chi connectivity index (χ1) is 8.63. The van der Waals surface area contributed by atoms with Crippen molar-refractivity contribution in [2.24, 2.45) is 5.14 Å². The minimum atomic E-state index is -3.93. The van der Waals surface area contributed by atoms with Crippen LogP contribution in [-0.4, -0.2) is 29.2 Å². The zero-order chi connectivity index (χ0) is 14.3. The minimum Gasteiger partial charge on any atom is -0.490 e. The second kappa shape index (κ2) is 4.66. The molecule has 7 nitrogen and oxygen atoms in total. The molecule has 0 aromatic heterocycles. The highest BCUT2D eigenvalue weighted by Gasteiger charge is 2.24. The summed E-state index contributed by atoms with van der Waals surface area (Å²) in [5, 5.41) is 5.04. The third-order valence-electron chi connectivity index (χ3n) is 2.34. The van der Waals surface area contributed by atoms with E-state index in [9.17, 15) is 16.8 Å². The molecule has 0 bridgehead atoms. The van der Waals surface area contributed by atoms with Crippen LogP contribution in [0.3, 0.4) is 0 Å². The second-order valence-electron chi connectivity index (χ2n) is 4.43. The molecule has 3 N–H and O–H groups in total. The third kappa shape index (κ3) is 4.37. The van der Waals surface area contributed by atoms with Gasteiger partial charge in [0.2, 0.25) is 20.0 Å². The highest BCUT2D eigenvalue weighted by Crippen LogP contribution is 2.30. The highest BCUT2D eigenvalue weighted by molar-refractivity contribution is 7.92. The van der Waals surface area contributed by atoms with Crippen molar-refractivity contribution in [3.8, 4) is 5.75 Å². The maximum absolute atomic E-state index is 11.3. The molecule has 0 saturated heterocycles. The van der Waals surface area contributed by atoms with Crippen molar-refractivity contribution in [1.82, 2.24) is 0 Å². The summed E-state index contributed by atoms with van der Waals surface area (Å²) < 4.78 is 52.7. The van der Waals surface area contributed by atoms with Crippen molar-refractivity contribution in [2.75, 3.05) is 11.0 Å². The summed E-state index contributed by atoms with van der Waals surface area (Å²) in [5.74, 6) is 0.278. The normalized spacial score (nSPS) is 16.1. The van der Waals surface area contributed by atoms with Crippen LogP contribution in [0.5, 0.6) is 5.75 Å². The summed E-state index contributed by atoms with van der Waals surface area (Å²) in [4.78, 5) is -0.197. The molecule has 0 radical (unpaired) electrons. The number of primary sulfonamides is 1. The Kier molecular flexibility index (Phi) is 3.45. The molecule has 1 aliphatic carbocycles. The van der Waals surface area contributed by atoms with Crippen LogP contribution < -0.4 is 14.6 Å². The molecular weight excluding hydrogens is 292 g/mol. The molecule has 1 fully saturated rings. The Bertz CT molecular complexity index is 693. The van der Waals surface area contributed by atoms with Crippen molar-refractivity contribution < 1.29 is 21.6 Å². The summed E-state index contributed by atoms with van der Waals surface area (Å²) in [7, 11) is -7.44. The SMILES string of the molecule is CS(=O)(=O)Nc1cc(OC2CC2)cc(S(N)(=O)=O)c1. The number of nitrogens with two attached hydrogens (primary N) is 1. The Morgan fingerprint density at radius 2 is 1.84 bits per heavy atom. The monoisotopic (exact) mass is 306 g/mol. The van der Waals surface area contributed by atoms with Gasteiger partial charge in [0.25, 0.3) is 0 Å². The molecule has 1 aromatic rings. The molecule has 1 aromatic carbocycles. The fourth-order valence-electron chi connectivity index (χ4n) is 1.46. The lowest BCUT2D eigenvalue weighted by Gasteiger charge is -2.10. The number of benzene rings is 1. The molecule has 0 amide bonds. The van der Waals surface area contributed by atoms with Crippen molar-refractivity contribution >= 4 is 25.7 Å². The van der Waals surface area contributed by atoms with Crippen LogP contribution in [0.25, 0.3) is 0 Å². The smallest absolute Gasteiger partial charge is 0.238 e. The van der Waals surface area contributed by atoms with Gasteiger partial charge in [0, 0.05) is 12.1 Å². The average molecular weight is 306 g/mol. The van der Waals surface area contributed by atoms with E-state index in [1.54, 1.807) is 0 Å². The van der Waals surface area contributed by atoms with Crippen LogP contribution in [0.15, 0.2) is 23.1 Å². The quantitative estimate of drug-likeness (QED) is 0.809. The summed E-state index contributed by atoms with van der Waals surface area (Å²) in [5.41, 5.74) is 0.102. The standard InChI is InChI=1S/C10H14N2O5S2/c1-18(13,14)12-7-4-9(17-8-2-3-8)6-10(5-7)19(11,15)16/h4-6,8,12H,2-3H2,1H3,(H2,11,15,16). The van der Waals surface area contributed by atoms with Gasteiger partial charge < -0.3 is 4.74 Å². The van der Waals surface area contributed by atoms with E-state index < -0.39 is 20.0 Å². The Morgan fingerprint density at radius 3 is 2.32 bits per heavy atom. The molecule has 19 heavy (non-hydrogen) atoms. The Morgan fingerprint density at radius 1 is 1.21 bits per heavy atom. The van der Waals surface area contributed by atoms with E-state index in [0.717, 1.165) is 25.2 Å². The van der Waals surface area contributed by atoms with Crippen LogP contribution in [0.2, 0.25) is 0 Å². The molecule has 0 unspecified atom stereocenters. The zero-order valence-electron chi connectivity index (χ0n) is 10.2. The Hall–Kier alpha value is -1.32. The fourth-order valence-corrected chi connectivity index (χ4v) is 2.57. The number of nitrogens with one attached hydrogen (secondary N) is 1. The molecule has 1 aliphatic rings. The van der Waals surface area contributed by atoms with E-state index in [-0.39, 0.29) is 22.4 Å². The predicted octanol–water partition coefficient (Wildman–Crippen LogP) is 0.247. The van der Waals surface area contributed by atoms with E-state index in [2.05, 4.69) is 4.72 Å². The average Bonchev–Trinajstić information content (AvgIpc) is 2.96. The van der Waals surface area contributed by atoms with Crippen molar-refractivity contribution in [1.29, 1.82) is 0 Å². The lowest BCUT2D eigenvalue weighted by molar-refractivity contribution is 0.302. The van der Waals surface area contributed by atoms with E-state index in [0.29, 0.717) is 0 Å². The van der Waals surface area contributed by atoms with E-state index in [1.807, 2.05) is 0 Å². The highest BCUT2D eigenvalue weighted by atomic mass is 32.2. The molecule has 0 atom stereocenters. The lowest BCUT2D eigenvalue weighted by Crippen LogP contribution is -2.14. The molecule has 0 aliphatic heterocycles. The number of rotatable bonds is 5. The lowest BCUT2D eigenvalue weighted by atomic mass is 10.3. The maximum Gasteiger partial charge on any atom is 0.238 e. The first-order valence-corrected chi connectivity index (χ1v) is 8.89. The van der Waals surface area contributed by atoms with Crippen molar-refractivity contribution in [3.63, 3.8) is 0 Å². The third-order valence-corrected chi connectivity index (χ3v) is 3.84. The number of ether oxygens (including phenoxy) is 1. The topological polar surface area (TPSA) is 116 Å². The van der Waals surface area contributed by atoms with Gasteiger partial charge in [-0.05, 0) is 18.9 Å². The van der Waals surface area contributed by atoms with Gasteiger partial charge in [-0.1, -0.05) is 0 Å². The first-order valence-electron chi connectivity index (χ1n) is 5.46. The van der Waals surface area contributed by atoms with Crippen molar-refractivity contribution in [3.05, 3.63) is 18.2 Å². The van der Waals surface area contributed by atoms with E-state index in [4.69, 9.17) is 9.88 Å². The summed E-state index contributed by atoms with van der Waals surface area (Å²) in [6.45, 7) is 0. The van der Waals surface area contributed by atoms with Gasteiger partial charge in [-0.2, -0.15) is 0 Å². The molecule has 1 saturated carbocycles. The summed E-state index contributed by atoms with van der Waals surface area (Å²) >= 11 is 0. The summed E-state index contributed by atoms with van der Waals surface area (Å²) in [6, 6.07) is 3.85. The van der Waals surface area contributed by atoms with Crippen LogP contribution >= 0.6 is 0 Å². The van der Waals surface area contributed by atoms with Crippen LogP contribution in [0, 0.1) is 0 Å². The van der Waals surface area contributed by atoms with Crippen LogP contribution in [0.4, 0.5) is 5.69 Å². The number of hydrogen-bond donors (Lipinski definition) is 2. The molecule has 0 spiro atoms. The van der Waals surface area contributed by atoms with Gasteiger partial charge in [0.1, 0.15) is 5.75 Å². The number of hydrogen-bond acceptors (Lipinski definition) is 5. The first kappa shape index (κ1) is 14.1. The molecule has 9 heteroatoms. The van der Waals surface area contributed by atoms with E-state index in [1.165, 1.54) is 12.1 Å². The zero-order valence-corrected chi connectivity index (χ0v) is 11.8. The summed E-state index contributed by atoms with van der Waals surface area (Å²) in [6.07, 6.45) is 2.82. The van der Waals surface area contributed by atoms with Crippen LogP contribution in [-0.2, 0) is 20.0 Å². The second-order valence-corrected chi connectivity index (χ2v) is 7.74. The number of sulfonamides is 2. The maximum atomic E-state index is 11.3. The van der Waals surface area contributed by atoms with Crippen molar-refractivity contribution in [2.45, 2.75) is 23.8 Å².